The Labute approximate surface area is 221 Å². The molecular weight excluding hydrogens is 492 g/mol. The first kappa shape index (κ1) is 27.4. The highest BCUT2D eigenvalue weighted by Crippen LogP contribution is 2.26. The number of rotatable bonds is 10. The Bertz CT molecular complexity index is 1270. The highest BCUT2D eigenvalue weighted by Gasteiger charge is 2.33. The molecule has 2 heterocycles. The highest BCUT2D eigenvalue weighted by atomic mass is 19.1. The zero-order valence-corrected chi connectivity index (χ0v) is 22.2. The number of aryl methyl sites for hydroxylation is 1. The average Bonchev–Trinajstić information content (AvgIpc) is 3.57. The van der Waals surface area contributed by atoms with E-state index in [2.05, 4.69) is 20.7 Å². The van der Waals surface area contributed by atoms with Crippen LogP contribution in [0.4, 0.5) is 14.6 Å². The number of amides is 2. The molecule has 2 atom stereocenters. The van der Waals surface area contributed by atoms with Crippen LogP contribution in [0.25, 0.3) is 0 Å². The minimum atomic E-state index is -0.918. The largest absolute Gasteiger partial charge is 0.339 e. The molecule has 11 heteroatoms. The van der Waals surface area contributed by atoms with Gasteiger partial charge in [-0.25, -0.2) is 13.8 Å². The topological polar surface area (TPSA) is 97.1 Å². The van der Waals surface area contributed by atoms with Crippen molar-refractivity contribution in [3.8, 4) is 0 Å². The number of imidazole rings is 1. The number of fused-ring (bicyclic) bond motifs is 1. The first-order valence-corrected chi connectivity index (χ1v) is 12.9. The minimum Gasteiger partial charge on any atom is -0.339 e. The molecule has 2 aromatic heterocycles. The molecule has 204 valence electrons. The van der Waals surface area contributed by atoms with Gasteiger partial charge in [-0.15, -0.1) is 0 Å². The molecule has 2 unspecified atom stereocenters. The molecule has 1 aliphatic carbocycles. The summed E-state index contributed by atoms with van der Waals surface area (Å²) in [6, 6.07) is 3.45. The van der Waals surface area contributed by atoms with E-state index in [9.17, 15) is 18.4 Å². The molecular formula is C27H35F2N7O2. The lowest BCUT2D eigenvalue weighted by molar-refractivity contribution is -0.139. The summed E-state index contributed by atoms with van der Waals surface area (Å²) in [6.45, 7) is 8.96. The molecule has 1 aromatic carbocycles. The number of carbonyl (C=O) groups is 2. The maximum absolute atomic E-state index is 14.2. The van der Waals surface area contributed by atoms with Crippen LogP contribution in [0.1, 0.15) is 45.2 Å². The molecule has 0 saturated heterocycles. The van der Waals surface area contributed by atoms with Gasteiger partial charge in [-0.05, 0) is 70.2 Å². The van der Waals surface area contributed by atoms with Gasteiger partial charge >= 0.3 is 0 Å². The first-order valence-electron chi connectivity index (χ1n) is 12.9. The third kappa shape index (κ3) is 6.09. The zero-order chi connectivity index (χ0) is 27.4. The quantitative estimate of drug-likeness (QED) is 0.422. The predicted molar refractivity (Wildman–Crippen MR) is 139 cm³/mol. The van der Waals surface area contributed by atoms with Crippen LogP contribution in [0, 0.1) is 11.6 Å². The fraction of sp³-hybridized carbons (Fsp3) is 0.481. The van der Waals surface area contributed by atoms with Gasteiger partial charge in [0.25, 0.3) is 0 Å². The molecule has 1 aliphatic rings. The highest BCUT2D eigenvalue weighted by molar-refractivity contribution is 5.93. The molecule has 0 bridgehead atoms. The number of carbonyl (C=O) groups excluding carboxylic acids is 2. The number of hydrogen-bond donors (Lipinski definition) is 2. The SMILES string of the molecule is CCN(CCn1cccn1)C(=O)C(C)(C)n1cnc(NC(=O)C(C)NC2CCc3cc(F)cc(F)c3C2)c1. The van der Waals surface area contributed by atoms with Crippen molar-refractivity contribution in [2.24, 2.45) is 0 Å². The maximum Gasteiger partial charge on any atom is 0.248 e. The van der Waals surface area contributed by atoms with Crippen LogP contribution < -0.4 is 10.6 Å². The number of hydrogen-bond acceptors (Lipinski definition) is 5. The first-order chi connectivity index (χ1) is 18.1. The summed E-state index contributed by atoms with van der Waals surface area (Å²) in [5.74, 6) is -1.14. The fourth-order valence-electron chi connectivity index (χ4n) is 4.84. The van der Waals surface area contributed by atoms with E-state index < -0.39 is 23.2 Å². The second-order valence-corrected chi connectivity index (χ2v) is 10.2. The molecule has 4 rings (SSSR count). The number of aromatic nitrogens is 4. The monoisotopic (exact) mass is 527 g/mol. The molecule has 38 heavy (non-hydrogen) atoms. The lowest BCUT2D eigenvalue weighted by Crippen LogP contribution is -2.47. The summed E-state index contributed by atoms with van der Waals surface area (Å²) in [6.07, 6.45) is 8.34. The molecule has 0 spiro atoms. The van der Waals surface area contributed by atoms with Crippen molar-refractivity contribution in [1.82, 2.24) is 29.5 Å². The van der Waals surface area contributed by atoms with Crippen LogP contribution in [0.5, 0.6) is 0 Å². The summed E-state index contributed by atoms with van der Waals surface area (Å²) < 4.78 is 31.2. The number of nitrogens with zero attached hydrogens (tertiary/aromatic N) is 5. The van der Waals surface area contributed by atoms with Gasteiger partial charge in [0, 0.05) is 43.8 Å². The Morgan fingerprint density at radius 2 is 2.08 bits per heavy atom. The lowest BCUT2D eigenvalue weighted by Gasteiger charge is -2.32. The van der Waals surface area contributed by atoms with Gasteiger partial charge in [-0.3, -0.25) is 14.3 Å². The van der Waals surface area contributed by atoms with E-state index in [0.717, 1.165) is 6.07 Å². The molecule has 0 fully saturated rings. The summed E-state index contributed by atoms with van der Waals surface area (Å²) >= 11 is 0. The fourth-order valence-corrected chi connectivity index (χ4v) is 4.84. The van der Waals surface area contributed by atoms with Gasteiger partial charge in [-0.2, -0.15) is 5.10 Å². The van der Waals surface area contributed by atoms with Gasteiger partial charge in [0.1, 0.15) is 17.2 Å². The van der Waals surface area contributed by atoms with Crippen LogP contribution in [0.3, 0.4) is 0 Å². The van der Waals surface area contributed by atoms with E-state index in [1.807, 2.05) is 33.0 Å². The van der Waals surface area contributed by atoms with E-state index in [1.54, 1.807) is 33.5 Å². The second kappa shape index (κ2) is 11.4. The average molecular weight is 528 g/mol. The van der Waals surface area contributed by atoms with Crippen molar-refractivity contribution in [1.29, 1.82) is 0 Å². The Kier molecular flexibility index (Phi) is 8.25. The van der Waals surface area contributed by atoms with Gasteiger partial charge in [0.2, 0.25) is 11.8 Å². The normalized spacial score (nSPS) is 16.1. The zero-order valence-electron chi connectivity index (χ0n) is 22.2. The molecule has 3 aromatic rings. The van der Waals surface area contributed by atoms with Crippen LogP contribution in [-0.2, 0) is 34.5 Å². The van der Waals surface area contributed by atoms with Crippen molar-refractivity contribution in [3.05, 3.63) is 65.9 Å². The van der Waals surface area contributed by atoms with Crippen LogP contribution in [0.15, 0.2) is 43.1 Å². The number of nitrogens with one attached hydrogen (secondary N) is 2. The van der Waals surface area contributed by atoms with Crippen LogP contribution in [-0.4, -0.2) is 61.2 Å². The summed E-state index contributed by atoms with van der Waals surface area (Å²) in [5.41, 5.74) is 0.265. The third-order valence-corrected chi connectivity index (χ3v) is 7.17. The van der Waals surface area contributed by atoms with Crippen molar-refractivity contribution in [2.45, 2.75) is 71.1 Å². The van der Waals surface area contributed by atoms with Crippen LogP contribution >= 0.6 is 0 Å². The molecule has 2 N–H and O–H groups in total. The second-order valence-electron chi connectivity index (χ2n) is 10.2. The van der Waals surface area contributed by atoms with Crippen LogP contribution in [0.2, 0.25) is 0 Å². The summed E-state index contributed by atoms with van der Waals surface area (Å²) in [4.78, 5) is 32.3. The van der Waals surface area contributed by atoms with E-state index in [4.69, 9.17) is 0 Å². The molecule has 2 amide bonds. The number of anilines is 1. The summed E-state index contributed by atoms with van der Waals surface area (Å²) in [7, 11) is 0. The smallest absolute Gasteiger partial charge is 0.248 e. The molecule has 0 saturated carbocycles. The van der Waals surface area contributed by atoms with E-state index >= 15 is 0 Å². The standard InChI is InChI=1S/C27H35F2N7O2/c1-5-34(11-12-36-10-6-9-31-36)26(38)27(3,4)35-16-24(30-17-35)33-25(37)18(2)32-21-8-7-19-13-20(28)14-23(29)22(19)15-21/h6,9-10,13-14,16-18,21,32H,5,7-8,11-12,15H2,1-4H3,(H,33,37). The number of benzene rings is 1. The Morgan fingerprint density at radius 1 is 1.29 bits per heavy atom. The Morgan fingerprint density at radius 3 is 2.79 bits per heavy atom. The summed E-state index contributed by atoms with van der Waals surface area (Å²) in [5, 5.41) is 10.2. The van der Waals surface area contributed by atoms with Gasteiger partial charge in [0.15, 0.2) is 5.82 Å². The van der Waals surface area contributed by atoms with Gasteiger partial charge < -0.3 is 20.1 Å². The maximum atomic E-state index is 14.2. The number of likely N-dealkylation sites (N-methyl/N-ethyl adjacent to an activating group) is 1. The van der Waals surface area contributed by atoms with Gasteiger partial charge in [0.05, 0.1) is 18.9 Å². The van der Waals surface area contributed by atoms with Gasteiger partial charge in [-0.1, -0.05) is 0 Å². The Balaban J connectivity index is 1.34. The minimum absolute atomic E-state index is 0.0674. The molecule has 0 radical (unpaired) electrons. The van der Waals surface area contributed by atoms with Crippen molar-refractivity contribution >= 4 is 17.6 Å². The number of halogens is 2. The van der Waals surface area contributed by atoms with Crippen molar-refractivity contribution in [3.63, 3.8) is 0 Å². The van der Waals surface area contributed by atoms with Crippen molar-refractivity contribution in [2.75, 3.05) is 18.4 Å². The van der Waals surface area contributed by atoms with Crippen molar-refractivity contribution < 1.29 is 18.4 Å². The molecule has 0 aliphatic heterocycles. The third-order valence-electron chi connectivity index (χ3n) is 7.17. The predicted octanol–water partition coefficient (Wildman–Crippen LogP) is 3.12. The van der Waals surface area contributed by atoms with E-state index in [1.165, 1.54) is 12.4 Å². The van der Waals surface area contributed by atoms with E-state index in [-0.39, 0.29) is 17.9 Å². The Hall–Kier alpha value is -3.60. The van der Waals surface area contributed by atoms with E-state index in [0.29, 0.717) is 55.8 Å². The lowest BCUT2D eigenvalue weighted by atomic mass is 9.87. The molecule has 9 nitrogen and oxygen atoms in total.